The molecule has 0 spiro atoms. The van der Waals surface area contributed by atoms with E-state index in [1.807, 2.05) is 66.7 Å². The van der Waals surface area contributed by atoms with Gasteiger partial charge < -0.3 is 15.0 Å². The molecule has 0 atom stereocenters. The number of fused-ring (bicyclic) bond motifs is 1. The Hall–Kier alpha value is -3.38. The SMILES string of the molecule is O=C(Nc1ccc2c(Br)cccc2c1)c1cc(=O)c(OCc2ccccc2)c[nH]1. The lowest BCUT2D eigenvalue weighted by Gasteiger charge is -2.09. The molecule has 1 heterocycles. The summed E-state index contributed by atoms with van der Waals surface area (Å²) in [6.45, 7) is 0.280. The summed E-state index contributed by atoms with van der Waals surface area (Å²) < 4.78 is 6.54. The third-order valence-electron chi connectivity index (χ3n) is 4.44. The van der Waals surface area contributed by atoms with Crippen molar-refractivity contribution in [2.24, 2.45) is 0 Å². The Morgan fingerprint density at radius 3 is 2.62 bits per heavy atom. The second-order valence-corrected chi connectivity index (χ2v) is 7.33. The highest BCUT2D eigenvalue weighted by atomic mass is 79.9. The number of aromatic nitrogens is 1. The van der Waals surface area contributed by atoms with Crippen LogP contribution in [0.2, 0.25) is 0 Å². The number of ether oxygens (including phenoxy) is 1. The standard InChI is InChI=1S/C23H17BrN2O3/c24-19-8-4-7-16-11-17(9-10-18(16)19)26-23(28)20-12-21(27)22(13-25-20)29-14-15-5-2-1-3-6-15/h1-13H,14H2,(H,25,27)(H,26,28). The highest BCUT2D eigenvalue weighted by Gasteiger charge is 2.11. The van der Waals surface area contributed by atoms with E-state index >= 15 is 0 Å². The van der Waals surface area contributed by atoms with Crippen LogP contribution in [0.3, 0.4) is 0 Å². The molecule has 2 N–H and O–H groups in total. The number of aromatic amines is 1. The number of halogens is 1. The summed E-state index contributed by atoms with van der Waals surface area (Å²) in [5, 5.41) is 4.86. The molecule has 0 saturated carbocycles. The maximum absolute atomic E-state index is 12.5. The zero-order valence-electron chi connectivity index (χ0n) is 15.3. The normalized spacial score (nSPS) is 10.7. The first kappa shape index (κ1) is 19.0. The number of anilines is 1. The van der Waals surface area contributed by atoms with E-state index in [0.717, 1.165) is 20.8 Å². The molecule has 5 nitrogen and oxygen atoms in total. The second kappa shape index (κ2) is 8.32. The summed E-state index contributed by atoms with van der Waals surface area (Å²) in [5.74, 6) is -0.230. The van der Waals surface area contributed by atoms with Crippen LogP contribution in [0.15, 0.2) is 88.3 Å². The number of rotatable bonds is 5. The number of hydrogen-bond acceptors (Lipinski definition) is 3. The average Bonchev–Trinajstić information content (AvgIpc) is 2.73. The lowest BCUT2D eigenvalue weighted by atomic mass is 10.1. The first-order valence-electron chi connectivity index (χ1n) is 8.99. The van der Waals surface area contributed by atoms with Crippen molar-refractivity contribution >= 4 is 38.3 Å². The molecule has 1 amide bonds. The molecule has 0 aliphatic heterocycles. The molecule has 0 unspecified atom stereocenters. The third kappa shape index (κ3) is 4.38. The van der Waals surface area contributed by atoms with Crippen LogP contribution >= 0.6 is 15.9 Å². The largest absolute Gasteiger partial charge is 0.483 e. The first-order valence-corrected chi connectivity index (χ1v) is 9.78. The van der Waals surface area contributed by atoms with Gasteiger partial charge in [-0.1, -0.05) is 64.5 Å². The van der Waals surface area contributed by atoms with Crippen LogP contribution < -0.4 is 15.5 Å². The van der Waals surface area contributed by atoms with Gasteiger partial charge in [-0.2, -0.15) is 0 Å². The van der Waals surface area contributed by atoms with Crippen molar-refractivity contribution in [1.82, 2.24) is 4.98 Å². The fraction of sp³-hybridized carbons (Fsp3) is 0.0435. The van der Waals surface area contributed by atoms with Gasteiger partial charge in [0.1, 0.15) is 12.3 Å². The molecule has 0 aliphatic carbocycles. The Bertz CT molecular complexity index is 1240. The molecule has 144 valence electrons. The number of pyridine rings is 1. The van der Waals surface area contributed by atoms with Gasteiger partial charge in [-0.05, 0) is 34.5 Å². The van der Waals surface area contributed by atoms with Crippen molar-refractivity contribution < 1.29 is 9.53 Å². The molecule has 0 aliphatic rings. The van der Waals surface area contributed by atoms with E-state index in [1.165, 1.54) is 12.3 Å². The highest BCUT2D eigenvalue weighted by molar-refractivity contribution is 9.10. The molecular weight excluding hydrogens is 432 g/mol. The summed E-state index contributed by atoms with van der Waals surface area (Å²) >= 11 is 3.51. The number of hydrogen-bond donors (Lipinski definition) is 2. The smallest absolute Gasteiger partial charge is 0.272 e. The Balaban J connectivity index is 1.47. The quantitative estimate of drug-likeness (QED) is 0.444. The van der Waals surface area contributed by atoms with Crippen molar-refractivity contribution in [3.05, 3.63) is 105 Å². The Kier molecular flexibility index (Phi) is 5.44. The van der Waals surface area contributed by atoms with Crippen molar-refractivity contribution in [2.75, 3.05) is 5.32 Å². The molecule has 29 heavy (non-hydrogen) atoms. The number of H-pyrrole nitrogens is 1. The number of benzene rings is 3. The summed E-state index contributed by atoms with van der Waals surface area (Å²) in [6.07, 6.45) is 1.41. The second-order valence-electron chi connectivity index (χ2n) is 6.48. The van der Waals surface area contributed by atoms with E-state index in [4.69, 9.17) is 4.74 Å². The summed E-state index contributed by atoms with van der Waals surface area (Å²) in [7, 11) is 0. The van der Waals surface area contributed by atoms with E-state index in [1.54, 1.807) is 0 Å². The van der Waals surface area contributed by atoms with Crippen LogP contribution in [-0.4, -0.2) is 10.9 Å². The van der Waals surface area contributed by atoms with E-state index in [2.05, 4.69) is 26.2 Å². The zero-order chi connectivity index (χ0) is 20.2. The highest BCUT2D eigenvalue weighted by Crippen LogP contribution is 2.26. The van der Waals surface area contributed by atoms with Gasteiger partial charge in [0, 0.05) is 22.4 Å². The van der Waals surface area contributed by atoms with Gasteiger partial charge >= 0.3 is 0 Å². The molecule has 0 saturated heterocycles. The summed E-state index contributed by atoms with van der Waals surface area (Å²) in [4.78, 5) is 27.7. The van der Waals surface area contributed by atoms with E-state index in [9.17, 15) is 9.59 Å². The molecule has 4 aromatic rings. The average molecular weight is 449 g/mol. The number of carbonyl (C=O) groups excluding carboxylic acids is 1. The molecule has 6 heteroatoms. The van der Waals surface area contributed by atoms with Gasteiger partial charge in [-0.25, -0.2) is 0 Å². The van der Waals surface area contributed by atoms with E-state index < -0.39 is 5.91 Å². The van der Waals surface area contributed by atoms with Crippen molar-refractivity contribution in [3.63, 3.8) is 0 Å². The van der Waals surface area contributed by atoms with Gasteiger partial charge in [0.05, 0.1) is 0 Å². The molecule has 3 aromatic carbocycles. The van der Waals surface area contributed by atoms with Crippen LogP contribution in [0, 0.1) is 0 Å². The lowest BCUT2D eigenvalue weighted by molar-refractivity contribution is 0.102. The minimum atomic E-state index is -0.397. The fourth-order valence-corrected chi connectivity index (χ4v) is 3.47. The van der Waals surface area contributed by atoms with E-state index in [-0.39, 0.29) is 23.5 Å². The first-order chi connectivity index (χ1) is 14.1. The van der Waals surface area contributed by atoms with Gasteiger partial charge in [-0.15, -0.1) is 0 Å². The number of nitrogens with one attached hydrogen (secondary N) is 2. The predicted octanol–water partition coefficient (Wildman–Crippen LogP) is 5.12. The van der Waals surface area contributed by atoms with Crippen LogP contribution in [0.4, 0.5) is 5.69 Å². The third-order valence-corrected chi connectivity index (χ3v) is 5.14. The van der Waals surface area contributed by atoms with Crippen LogP contribution in [-0.2, 0) is 6.61 Å². The number of carbonyl (C=O) groups is 1. The predicted molar refractivity (Wildman–Crippen MR) is 117 cm³/mol. The monoisotopic (exact) mass is 448 g/mol. The maximum atomic E-state index is 12.5. The molecule has 0 fully saturated rings. The molecule has 1 aromatic heterocycles. The number of amides is 1. The minimum Gasteiger partial charge on any atom is -0.483 e. The maximum Gasteiger partial charge on any atom is 0.272 e. The zero-order valence-corrected chi connectivity index (χ0v) is 16.9. The Morgan fingerprint density at radius 1 is 1.00 bits per heavy atom. The summed E-state index contributed by atoms with van der Waals surface area (Å²) in [5.41, 5.74) is 1.41. The Labute approximate surface area is 175 Å². The summed E-state index contributed by atoms with van der Waals surface area (Å²) in [6, 6.07) is 22.3. The van der Waals surface area contributed by atoms with Crippen LogP contribution in [0.1, 0.15) is 16.1 Å². The molecule has 0 bridgehead atoms. The van der Waals surface area contributed by atoms with Crippen LogP contribution in [0.5, 0.6) is 5.75 Å². The van der Waals surface area contributed by atoms with E-state index in [0.29, 0.717) is 5.69 Å². The van der Waals surface area contributed by atoms with Gasteiger partial charge in [0.25, 0.3) is 5.91 Å². The van der Waals surface area contributed by atoms with Gasteiger partial charge in [-0.3, -0.25) is 9.59 Å². The lowest BCUT2D eigenvalue weighted by Crippen LogP contribution is -2.17. The van der Waals surface area contributed by atoms with Crippen molar-refractivity contribution in [3.8, 4) is 5.75 Å². The molecule has 4 rings (SSSR count). The minimum absolute atomic E-state index is 0.163. The van der Waals surface area contributed by atoms with Gasteiger partial charge in [0.15, 0.2) is 5.75 Å². The fourth-order valence-electron chi connectivity index (χ4n) is 2.96. The molecular formula is C23H17BrN2O3. The topological polar surface area (TPSA) is 71.2 Å². The van der Waals surface area contributed by atoms with Crippen molar-refractivity contribution in [2.45, 2.75) is 6.61 Å². The van der Waals surface area contributed by atoms with Crippen molar-refractivity contribution in [1.29, 1.82) is 0 Å². The van der Waals surface area contributed by atoms with Crippen LogP contribution in [0.25, 0.3) is 10.8 Å². The Morgan fingerprint density at radius 2 is 1.83 bits per heavy atom. The van der Waals surface area contributed by atoms with Gasteiger partial charge in [0.2, 0.25) is 5.43 Å². The molecule has 0 radical (unpaired) electrons.